The average Bonchev–Trinajstić information content (AvgIpc) is 2.54. The van der Waals surface area contributed by atoms with Crippen LogP contribution in [0, 0.1) is 16.0 Å². The van der Waals surface area contributed by atoms with Gasteiger partial charge in [-0.1, -0.05) is 12.2 Å². The van der Waals surface area contributed by atoms with Crippen molar-refractivity contribution in [3.8, 4) is 5.75 Å². The molecule has 6 heteroatoms. The molecule has 0 N–H and O–H groups in total. The molecular formula is C16H19NO5. The Kier molecular flexibility index (Phi) is 5.94. The van der Waals surface area contributed by atoms with Crippen LogP contribution in [-0.4, -0.2) is 24.1 Å². The SMILES string of the molecule is O=C(CCOc1ccc([N+](=O)[O-])cc1)OCC1CC=CCC1. The number of carbonyl (C=O) groups is 1. The number of hydrogen-bond donors (Lipinski definition) is 0. The Hall–Kier alpha value is -2.37. The van der Waals surface area contributed by atoms with E-state index in [1.54, 1.807) is 0 Å². The third-order valence-corrected chi connectivity index (χ3v) is 3.48. The molecule has 1 aliphatic carbocycles. The van der Waals surface area contributed by atoms with Crippen molar-refractivity contribution in [2.45, 2.75) is 25.7 Å². The van der Waals surface area contributed by atoms with Crippen LogP contribution in [0.5, 0.6) is 5.75 Å². The van der Waals surface area contributed by atoms with E-state index in [-0.39, 0.29) is 24.7 Å². The van der Waals surface area contributed by atoms with Crippen molar-refractivity contribution >= 4 is 11.7 Å². The van der Waals surface area contributed by atoms with Crippen molar-refractivity contribution in [3.63, 3.8) is 0 Å². The van der Waals surface area contributed by atoms with E-state index in [2.05, 4.69) is 12.2 Å². The van der Waals surface area contributed by atoms with Crippen LogP contribution in [0.3, 0.4) is 0 Å². The van der Waals surface area contributed by atoms with Crippen LogP contribution in [0.1, 0.15) is 25.7 Å². The van der Waals surface area contributed by atoms with Gasteiger partial charge in [0.25, 0.3) is 5.69 Å². The first-order valence-corrected chi connectivity index (χ1v) is 7.33. The first kappa shape index (κ1) is 16.0. The first-order valence-electron chi connectivity index (χ1n) is 7.33. The molecule has 0 saturated carbocycles. The molecule has 0 radical (unpaired) electrons. The number of hydrogen-bond acceptors (Lipinski definition) is 5. The molecule has 1 atom stereocenters. The second-order valence-corrected chi connectivity index (χ2v) is 5.18. The molecule has 6 nitrogen and oxygen atoms in total. The van der Waals surface area contributed by atoms with Crippen LogP contribution in [0.4, 0.5) is 5.69 Å². The van der Waals surface area contributed by atoms with Gasteiger partial charge in [0, 0.05) is 12.1 Å². The highest BCUT2D eigenvalue weighted by molar-refractivity contribution is 5.69. The van der Waals surface area contributed by atoms with Crippen LogP contribution in [0.25, 0.3) is 0 Å². The molecule has 2 rings (SSSR count). The maximum absolute atomic E-state index is 11.6. The number of rotatable bonds is 7. The highest BCUT2D eigenvalue weighted by Crippen LogP contribution is 2.19. The predicted octanol–water partition coefficient (Wildman–Crippen LogP) is 3.26. The number of nitro benzene ring substituents is 1. The normalized spacial score (nSPS) is 17.0. The lowest BCUT2D eigenvalue weighted by Crippen LogP contribution is -2.16. The number of esters is 1. The minimum absolute atomic E-state index is 0.00768. The summed E-state index contributed by atoms with van der Waals surface area (Å²) in [5.41, 5.74) is 0.00768. The van der Waals surface area contributed by atoms with Gasteiger partial charge in [-0.15, -0.1) is 0 Å². The zero-order chi connectivity index (χ0) is 15.8. The molecule has 1 unspecified atom stereocenters. The molecule has 0 aromatic heterocycles. The summed E-state index contributed by atoms with van der Waals surface area (Å²) < 4.78 is 10.6. The number of ether oxygens (including phenoxy) is 2. The third kappa shape index (κ3) is 5.20. The predicted molar refractivity (Wildman–Crippen MR) is 80.6 cm³/mol. The fourth-order valence-electron chi connectivity index (χ4n) is 2.21. The molecule has 22 heavy (non-hydrogen) atoms. The Bertz CT molecular complexity index is 538. The Balaban J connectivity index is 1.64. The molecule has 0 saturated heterocycles. The number of non-ortho nitro benzene ring substituents is 1. The van der Waals surface area contributed by atoms with Crippen LogP contribution in [0.2, 0.25) is 0 Å². The number of nitrogens with zero attached hydrogens (tertiary/aromatic N) is 1. The van der Waals surface area contributed by atoms with Crippen LogP contribution in [0.15, 0.2) is 36.4 Å². The van der Waals surface area contributed by atoms with E-state index >= 15 is 0 Å². The minimum atomic E-state index is -0.471. The standard InChI is InChI=1S/C16H19NO5/c18-16(22-12-13-4-2-1-3-5-13)10-11-21-15-8-6-14(7-9-15)17(19)20/h1-2,6-9,13H,3-5,10-12H2. The molecule has 0 fully saturated rings. The van der Waals surface area contributed by atoms with E-state index in [1.807, 2.05) is 0 Å². The topological polar surface area (TPSA) is 78.7 Å². The van der Waals surface area contributed by atoms with Crippen molar-refractivity contribution in [2.75, 3.05) is 13.2 Å². The lowest BCUT2D eigenvalue weighted by molar-refractivity contribution is -0.384. The second-order valence-electron chi connectivity index (χ2n) is 5.18. The van der Waals surface area contributed by atoms with E-state index in [9.17, 15) is 14.9 Å². The summed E-state index contributed by atoms with van der Waals surface area (Å²) in [6.07, 6.45) is 7.51. The summed E-state index contributed by atoms with van der Waals surface area (Å²) in [7, 11) is 0. The highest BCUT2D eigenvalue weighted by Gasteiger charge is 2.13. The Morgan fingerprint density at radius 3 is 2.68 bits per heavy atom. The van der Waals surface area contributed by atoms with E-state index < -0.39 is 4.92 Å². The van der Waals surface area contributed by atoms with Gasteiger partial charge in [-0.05, 0) is 37.3 Å². The van der Waals surface area contributed by atoms with Crippen LogP contribution >= 0.6 is 0 Å². The Morgan fingerprint density at radius 2 is 2.05 bits per heavy atom. The summed E-state index contributed by atoms with van der Waals surface area (Å²) in [4.78, 5) is 21.7. The van der Waals surface area contributed by atoms with Crippen molar-refractivity contribution in [1.82, 2.24) is 0 Å². The molecule has 0 bridgehead atoms. The summed E-state index contributed by atoms with van der Waals surface area (Å²) in [6.45, 7) is 0.655. The zero-order valence-electron chi connectivity index (χ0n) is 12.3. The summed E-state index contributed by atoms with van der Waals surface area (Å²) in [5, 5.41) is 10.5. The van der Waals surface area contributed by atoms with Gasteiger partial charge in [-0.25, -0.2) is 0 Å². The minimum Gasteiger partial charge on any atom is -0.493 e. The van der Waals surface area contributed by atoms with Gasteiger partial charge in [0.1, 0.15) is 5.75 Å². The maximum Gasteiger partial charge on any atom is 0.309 e. The molecule has 1 aromatic rings. The van der Waals surface area contributed by atoms with E-state index in [4.69, 9.17) is 9.47 Å². The van der Waals surface area contributed by atoms with Crippen molar-refractivity contribution < 1.29 is 19.2 Å². The quantitative estimate of drug-likeness (QED) is 0.334. The lowest BCUT2D eigenvalue weighted by Gasteiger charge is -2.17. The van der Waals surface area contributed by atoms with Crippen molar-refractivity contribution in [3.05, 3.63) is 46.5 Å². The zero-order valence-corrected chi connectivity index (χ0v) is 12.3. The molecule has 118 valence electrons. The first-order chi connectivity index (χ1) is 10.6. The molecule has 0 spiro atoms. The fourth-order valence-corrected chi connectivity index (χ4v) is 2.21. The van der Waals surface area contributed by atoms with Crippen LogP contribution in [-0.2, 0) is 9.53 Å². The summed E-state index contributed by atoms with van der Waals surface area (Å²) in [6, 6.07) is 5.75. The largest absolute Gasteiger partial charge is 0.493 e. The molecule has 1 aliphatic rings. The van der Waals surface area contributed by atoms with Crippen molar-refractivity contribution in [2.24, 2.45) is 5.92 Å². The summed E-state index contributed by atoms with van der Waals surface area (Å²) in [5.74, 6) is 0.636. The van der Waals surface area contributed by atoms with Gasteiger partial charge in [0.2, 0.25) is 0 Å². The van der Waals surface area contributed by atoms with E-state index in [1.165, 1.54) is 24.3 Å². The van der Waals surface area contributed by atoms with Gasteiger partial charge >= 0.3 is 5.97 Å². The number of carbonyl (C=O) groups excluding carboxylic acids is 1. The second kappa shape index (κ2) is 8.17. The number of allylic oxidation sites excluding steroid dienone is 2. The molecule has 0 heterocycles. The van der Waals surface area contributed by atoms with E-state index in [0.717, 1.165) is 19.3 Å². The summed E-state index contributed by atoms with van der Waals surface area (Å²) >= 11 is 0. The molecular weight excluding hydrogens is 286 g/mol. The lowest BCUT2D eigenvalue weighted by atomic mass is 9.95. The van der Waals surface area contributed by atoms with Gasteiger partial charge in [-0.3, -0.25) is 14.9 Å². The molecule has 0 amide bonds. The molecule has 0 aliphatic heterocycles. The monoisotopic (exact) mass is 305 g/mol. The smallest absolute Gasteiger partial charge is 0.309 e. The maximum atomic E-state index is 11.6. The average molecular weight is 305 g/mol. The van der Waals surface area contributed by atoms with Gasteiger partial charge in [0.05, 0.1) is 24.6 Å². The molecule has 1 aromatic carbocycles. The highest BCUT2D eigenvalue weighted by atomic mass is 16.6. The van der Waals surface area contributed by atoms with Crippen LogP contribution < -0.4 is 4.74 Å². The van der Waals surface area contributed by atoms with Crippen molar-refractivity contribution in [1.29, 1.82) is 0 Å². The van der Waals surface area contributed by atoms with E-state index in [0.29, 0.717) is 18.3 Å². The van der Waals surface area contributed by atoms with Gasteiger partial charge < -0.3 is 9.47 Å². The number of benzene rings is 1. The Morgan fingerprint density at radius 1 is 1.27 bits per heavy atom. The Labute approximate surface area is 128 Å². The van der Waals surface area contributed by atoms with Gasteiger partial charge in [0.15, 0.2) is 0 Å². The third-order valence-electron chi connectivity index (χ3n) is 3.48. The number of nitro groups is 1. The fraction of sp³-hybridized carbons (Fsp3) is 0.438. The van der Waals surface area contributed by atoms with Gasteiger partial charge in [-0.2, -0.15) is 0 Å².